The summed E-state index contributed by atoms with van der Waals surface area (Å²) < 4.78 is 0. The molecule has 3 rings (SSSR count). The molecule has 0 aromatic heterocycles. The van der Waals surface area contributed by atoms with Crippen LogP contribution in [0, 0.1) is 5.92 Å². The molecule has 2 atom stereocenters. The Bertz CT molecular complexity index is 679. The lowest BCUT2D eigenvalue weighted by molar-refractivity contribution is -0.122. The fraction of sp³-hybridized carbons (Fsp3) is 0.300. The minimum absolute atomic E-state index is 0.0309. The van der Waals surface area contributed by atoms with Crippen molar-refractivity contribution in [2.45, 2.75) is 32.1 Å². The Morgan fingerprint density at radius 1 is 1.09 bits per heavy atom. The third-order valence-corrected chi connectivity index (χ3v) is 4.25. The van der Waals surface area contributed by atoms with Crippen molar-refractivity contribution < 1.29 is 4.79 Å². The molecule has 3 heteroatoms. The molecule has 3 nitrogen and oxygen atoms in total. The Hall–Kier alpha value is -2.42. The molecule has 1 fully saturated rings. The summed E-state index contributed by atoms with van der Waals surface area (Å²) in [5, 5.41) is 4.39. The first-order chi connectivity index (χ1) is 11.3. The van der Waals surface area contributed by atoms with E-state index in [1.165, 1.54) is 5.56 Å². The Balaban J connectivity index is 1.63. The molecular formula is C20H22N2O. The summed E-state index contributed by atoms with van der Waals surface area (Å²) in [5.41, 5.74) is 6.04. The fourth-order valence-electron chi connectivity index (χ4n) is 2.89. The molecule has 2 aromatic rings. The Morgan fingerprint density at radius 2 is 1.74 bits per heavy atom. The van der Waals surface area contributed by atoms with Crippen molar-refractivity contribution in [3.63, 3.8) is 0 Å². The number of benzene rings is 2. The molecule has 0 aliphatic heterocycles. The summed E-state index contributed by atoms with van der Waals surface area (Å²) in [6.45, 7) is 2.12. The van der Waals surface area contributed by atoms with E-state index in [2.05, 4.69) is 29.6 Å². The Morgan fingerprint density at radius 3 is 2.39 bits per heavy atom. The molecule has 1 amide bonds. The maximum atomic E-state index is 12.3. The van der Waals surface area contributed by atoms with E-state index in [0.29, 0.717) is 5.92 Å². The maximum absolute atomic E-state index is 12.3. The third-order valence-electron chi connectivity index (χ3n) is 4.25. The number of hydrazone groups is 1. The van der Waals surface area contributed by atoms with Crippen molar-refractivity contribution in [2.75, 3.05) is 0 Å². The molecule has 1 aliphatic carbocycles. The molecule has 0 heterocycles. The van der Waals surface area contributed by atoms with Crippen LogP contribution in [0.5, 0.6) is 0 Å². The standard InChI is InChI=1S/C20H22N2O/c1-2-9-19(16-12-7-4-8-13-16)21-22-20(23)18-14-17(18)15-10-5-3-6-11-15/h3-8,10-13,17-18H,2,9,14H2,1H3,(H,22,23)/t17-,18+/m0/s1. The number of hydrogen-bond donors (Lipinski definition) is 1. The average molecular weight is 306 g/mol. The lowest BCUT2D eigenvalue weighted by Gasteiger charge is -2.06. The Kier molecular flexibility index (Phi) is 4.86. The smallest absolute Gasteiger partial charge is 0.243 e. The van der Waals surface area contributed by atoms with E-state index in [1.807, 2.05) is 48.5 Å². The van der Waals surface area contributed by atoms with E-state index in [-0.39, 0.29) is 11.8 Å². The fourth-order valence-corrected chi connectivity index (χ4v) is 2.89. The van der Waals surface area contributed by atoms with Gasteiger partial charge >= 0.3 is 0 Å². The van der Waals surface area contributed by atoms with Gasteiger partial charge in [-0.1, -0.05) is 74.0 Å². The molecule has 0 spiro atoms. The van der Waals surface area contributed by atoms with E-state index in [9.17, 15) is 4.79 Å². The molecule has 0 bridgehead atoms. The monoisotopic (exact) mass is 306 g/mol. The van der Waals surface area contributed by atoms with Crippen LogP contribution in [0.3, 0.4) is 0 Å². The lowest BCUT2D eigenvalue weighted by atomic mass is 10.1. The molecule has 1 saturated carbocycles. The first kappa shape index (κ1) is 15.5. The van der Waals surface area contributed by atoms with Gasteiger partial charge < -0.3 is 0 Å². The molecule has 1 aliphatic rings. The maximum Gasteiger partial charge on any atom is 0.243 e. The van der Waals surface area contributed by atoms with Crippen LogP contribution < -0.4 is 5.43 Å². The van der Waals surface area contributed by atoms with Crippen LogP contribution in [-0.2, 0) is 4.79 Å². The summed E-state index contributed by atoms with van der Waals surface area (Å²) in [5.74, 6) is 0.431. The highest BCUT2D eigenvalue weighted by molar-refractivity contribution is 6.01. The molecule has 23 heavy (non-hydrogen) atoms. The molecule has 0 saturated heterocycles. The largest absolute Gasteiger partial charge is 0.273 e. The van der Waals surface area contributed by atoms with Crippen LogP contribution in [0.1, 0.15) is 43.2 Å². The van der Waals surface area contributed by atoms with E-state index in [1.54, 1.807) is 0 Å². The van der Waals surface area contributed by atoms with Crippen LogP contribution in [0.2, 0.25) is 0 Å². The van der Waals surface area contributed by atoms with Crippen LogP contribution in [0.4, 0.5) is 0 Å². The van der Waals surface area contributed by atoms with Gasteiger partial charge in [-0.15, -0.1) is 0 Å². The molecule has 0 radical (unpaired) electrons. The van der Waals surface area contributed by atoms with Crippen LogP contribution in [-0.4, -0.2) is 11.6 Å². The van der Waals surface area contributed by atoms with E-state index >= 15 is 0 Å². The summed E-state index contributed by atoms with van der Waals surface area (Å²) >= 11 is 0. The van der Waals surface area contributed by atoms with E-state index in [0.717, 1.165) is 30.5 Å². The Labute approximate surface area is 137 Å². The van der Waals surface area contributed by atoms with Gasteiger partial charge in [0.05, 0.1) is 5.71 Å². The SMILES string of the molecule is CCCC(=NNC(=O)[C@@H]1C[C@H]1c1ccccc1)c1ccccc1. The van der Waals surface area contributed by atoms with Crippen molar-refractivity contribution in [3.8, 4) is 0 Å². The van der Waals surface area contributed by atoms with Crippen molar-refractivity contribution in [1.82, 2.24) is 5.43 Å². The highest BCUT2D eigenvalue weighted by Crippen LogP contribution is 2.47. The van der Waals surface area contributed by atoms with Crippen molar-refractivity contribution in [3.05, 3.63) is 71.8 Å². The number of carbonyl (C=O) groups is 1. The number of hydrogen-bond acceptors (Lipinski definition) is 2. The molecule has 1 N–H and O–H groups in total. The predicted molar refractivity (Wildman–Crippen MR) is 93.3 cm³/mol. The minimum Gasteiger partial charge on any atom is -0.273 e. The second-order valence-electron chi connectivity index (χ2n) is 6.01. The van der Waals surface area contributed by atoms with Gasteiger partial charge in [0, 0.05) is 5.92 Å². The van der Waals surface area contributed by atoms with Crippen molar-refractivity contribution in [1.29, 1.82) is 0 Å². The topological polar surface area (TPSA) is 41.5 Å². The normalized spacial score (nSPS) is 20.1. The quantitative estimate of drug-likeness (QED) is 0.633. The van der Waals surface area contributed by atoms with Gasteiger partial charge in [-0.2, -0.15) is 5.10 Å². The second kappa shape index (κ2) is 7.23. The van der Waals surface area contributed by atoms with Crippen molar-refractivity contribution in [2.24, 2.45) is 11.0 Å². The molecule has 118 valence electrons. The summed E-state index contributed by atoms with van der Waals surface area (Å²) in [4.78, 5) is 12.3. The van der Waals surface area contributed by atoms with Crippen LogP contribution >= 0.6 is 0 Å². The van der Waals surface area contributed by atoms with Gasteiger partial charge in [-0.05, 0) is 29.9 Å². The third kappa shape index (κ3) is 3.86. The van der Waals surface area contributed by atoms with Gasteiger partial charge in [0.2, 0.25) is 5.91 Å². The van der Waals surface area contributed by atoms with E-state index < -0.39 is 0 Å². The van der Waals surface area contributed by atoms with Gasteiger partial charge in [0.15, 0.2) is 0 Å². The molecular weight excluding hydrogens is 284 g/mol. The number of rotatable bonds is 6. The number of nitrogens with one attached hydrogen (secondary N) is 1. The lowest BCUT2D eigenvalue weighted by Crippen LogP contribution is -2.22. The zero-order valence-corrected chi connectivity index (χ0v) is 13.4. The number of amides is 1. The average Bonchev–Trinajstić information content (AvgIpc) is 3.41. The molecule has 0 unspecified atom stereocenters. The minimum atomic E-state index is 0.0309. The summed E-state index contributed by atoms with van der Waals surface area (Å²) in [6.07, 6.45) is 2.77. The number of carbonyl (C=O) groups excluding carboxylic acids is 1. The van der Waals surface area contributed by atoms with Crippen molar-refractivity contribution >= 4 is 11.6 Å². The first-order valence-corrected chi connectivity index (χ1v) is 8.26. The van der Waals surface area contributed by atoms with Gasteiger partial charge in [0.25, 0.3) is 0 Å². The zero-order chi connectivity index (χ0) is 16.1. The van der Waals surface area contributed by atoms with Crippen LogP contribution in [0.15, 0.2) is 65.8 Å². The second-order valence-corrected chi connectivity index (χ2v) is 6.01. The summed E-state index contributed by atoms with van der Waals surface area (Å²) in [7, 11) is 0. The first-order valence-electron chi connectivity index (χ1n) is 8.26. The molecule has 2 aromatic carbocycles. The van der Waals surface area contributed by atoms with Gasteiger partial charge in [-0.3, -0.25) is 4.79 Å². The summed E-state index contributed by atoms with van der Waals surface area (Å²) in [6, 6.07) is 20.3. The van der Waals surface area contributed by atoms with Gasteiger partial charge in [-0.25, -0.2) is 5.43 Å². The van der Waals surface area contributed by atoms with Crippen LogP contribution in [0.25, 0.3) is 0 Å². The number of nitrogens with zero attached hydrogens (tertiary/aromatic N) is 1. The van der Waals surface area contributed by atoms with E-state index in [4.69, 9.17) is 0 Å². The predicted octanol–water partition coefficient (Wildman–Crippen LogP) is 4.11. The van der Waals surface area contributed by atoms with Gasteiger partial charge in [0.1, 0.15) is 0 Å². The zero-order valence-electron chi connectivity index (χ0n) is 13.4. The highest BCUT2D eigenvalue weighted by atomic mass is 16.2. The highest BCUT2D eigenvalue weighted by Gasteiger charge is 2.43.